The summed E-state index contributed by atoms with van der Waals surface area (Å²) in [5.41, 5.74) is 2.44. The van der Waals surface area contributed by atoms with Crippen molar-refractivity contribution >= 4 is 17.7 Å². The van der Waals surface area contributed by atoms with Crippen molar-refractivity contribution in [3.63, 3.8) is 0 Å². The third kappa shape index (κ3) is 2.92. The zero-order valence-corrected chi connectivity index (χ0v) is 10.3. The summed E-state index contributed by atoms with van der Waals surface area (Å²) in [6.45, 7) is 1.86. The smallest absolute Gasteiger partial charge is 0.164 e. The third-order valence-electron chi connectivity index (χ3n) is 2.68. The first-order chi connectivity index (χ1) is 8.81. The Kier molecular flexibility index (Phi) is 4.02. The lowest BCUT2D eigenvalue weighted by molar-refractivity contribution is 0.0989. The van der Waals surface area contributed by atoms with E-state index < -0.39 is 0 Å². The molecule has 18 heavy (non-hydrogen) atoms. The maximum atomic E-state index is 11.8. The maximum absolute atomic E-state index is 11.8. The molecule has 0 aliphatic rings. The Bertz CT molecular complexity index is 558. The van der Waals surface area contributed by atoms with Gasteiger partial charge in [-0.3, -0.25) is 9.79 Å². The van der Waals surface area contributed by atoms with Crippen molar-refractivity contribution in [3.8, 4) is 0 Å². The number of carbonyl (C=O) groups excluding carboxylic acids is 1. The average molecular weight is 237 g/mol. The molecule has 2 nitrogen and oxygen atoms in total. The zero-order valence-electron chi connectivity index (χ0n) is 10.3. The SMILES string of the molecule is CCC(=O)c1ccccc1N=Cc1ccccc1. The van der Waals surface area contributed by atoms with Gasteiger partial charge in [-0.15, -0.1) is 0 Å². The minimum atomic E-state index is 0.121. The van der Waals surface area contributed by atoms with Crippen molar-refractivity contribution in [2.45, 2.75) is 13.3 Å². The summed E-state index contributed by atoms with van der Waals surface area (Å²) >= 11 is 0. The van der Waals surface area contributed by atoms with Crippen LogP contribution in [0.2, 0.25) is 0 Å². The van der Waals surface area contributed by atoms with Crippen LogP contribution in [-0.4, -0.2) is 12.0 Å². The van der Waals surface area contributed by atoms with Gasteiger partial charge in [-0.2, -0.15) is 0 Å². The predicted octanol–water partition coefficient (Wildman–Crippen LogP) is 4.03. The summed E-state index contributed by atoms with van der Waals surface area (Å²) in [7, 11) is 0. The van der Waals surface area contributed by atoms with Gasteiger partial charge in [0, 0.05) is 18.2 Å². The molecule has 0 radical (unpaired) electrons. The predicted molar refractivity (Wildman–Crippen MR) is 74.8 cm³/mol. The highest BCUT2D eigenvalue weighted by molar-refractivity contribution is 6.01. The summed E-state index contributed by atoms with van der Waals surface area (Å²) in [5, 5.41) is 0. The molecule has 0 amide bonds. The fourth-order valence-electron chi connectivity index (χ4n) is 1.70. The number of hydrogen-bond acceptors (Lipinski definition) is 2. The molecule has 2 heteroatoms. The van der Waals surface area contributed by atoms with Gasteiger partial charge in [-0.05, 0) is 17.7 Å². The quantitative estimate of drug-likeness (QED) is 0.583. The maximum Gasteiger partial charge on any atom is 0.164 e. The van der Waals surface area contributed by atoms with Crippen molar-refractivity contribution in [2.24, 2.45) is 4.99 Å². The van der Waals surface area contributed by atoms with Crippen molar-refractivity contribution in [2.75, 3.05) is 0 Å². The average Bonchev–Trinajstić information content (AvgIpc) is 2.45. The molecule has 2 aromatic carbocycles. The Balaban J connectivity index is 2.29. The number of rotatable bonds is 4. The van der Waals surface area contributed by atoms with Crippen LogP contribution in [-0.2, 0) is 0 Å². The van der Waals surface area contributed by atoms with Crippen LogP contribution in [0.4, 0.5) is 5.69 Å². The largest absolute Gasteiger partial charge is 0.294 e. The second-order valence-electron chi connectivity index (χ2n) is 3.96. The van der Waals surface area contributed by atoms with Crippen molar-refractivity contribution in [1.29, 1.82) is 0 Å². The number of hydrogen-bond donors (Lipinski definition) is 0. The molecule has 2 rings (SSSR count). The van der Waals surface area contributed by atoms with Gasteiger partial charge in [0.25, 0.3) is 0 Å². The van der Waals surface area contributed by atoms with E-state index in [9.17, 15) is 4.79 Å². The van der Waals surface area contributed by atoms with Gasteiger partial charge in [0.2, 0.25) is 0 Å². The summed E-state index contributed by atoms with van der Waals surface area (Å²) in [5.74, 6) is 0.121. The second kappa shape index (κ2) is 5.92. The lowest BCUT2D eigenvalue weighted by Crippen LogP contribution is -1.96. The number of carbonyl (C=O) groups is 1. The molecule has 0 aliphatic heterocycles. The Hall–Kier alpha value is -2.22. The van der Waals surface area contributed by atoms with Gasteiger partial charge >= 0.3 is 0 Å². The molecular formula is C16H15NO. The normalized spacial score (nSPS) is 10.7. The molecule has 0 saturated carbocycles. The number of benzene rings is 2. The standard InChI is InChI=1S/C16H15NO/c1-2-16(18)14-10-6-7-11-15(14)17-12-13-8-4-3-5-9-13/h3-12H,2H2,1H3. The van der Waals surface area contributed by atoms with Crippen LogP contribution in [0.1, 0.15) is 29.3 Å². The second-order valence-corrected chi connectivity index (χ2v) is 3.96. The van der Waals surface area contributed by atoms with Crippen molar-refractivity contribution in [1.82, 2.24) is 0 Å². The van der Waals surface area contributed by atoms with E-state index >= 15 is 0 Å². The number of ketones is 1. The van der Waals surface area contributed by atoms with Gasteiger partial charge in [-0.1, -0.05) is 49.4 Å². The van der Waals surface area contributed by atoms with Gasteiger partial charge in [0.15, 0.2) is 5.78 Å². The fourth-order valence-corrected chi connectivity index (χ4v) is 1.70. The van der Waals surface area contributed by atoms with Crippen LogP contribution in [0.15, 0.2) is 59.6 Å². The minimum Gasteiger partial charge on any atom is -0.294 e. The topological polar surface area (TPSA) is 29.4 Å². The van der Waals surface area contributed by atoms with Gasteiger partial charge in [0.05, 0.1) is 5.69 Å². The zero-order chi connectivity index (χ0) is 12.8. The van der Waals surface area contributed by atoms with Crippen LogP contribution in [0.25, 0.3) is 0 Å². The van der Waals surface area contributed by atoms with E-state index in [0.717, 1.165) is 11.3 Å². The number of para-hydroxylation sites is 1. The van der Waals surface area contributed by atoms with Crippen LogP contribution in [0, 0.1) is 0 Å². The highest BCUT2D eigenvalue weighted by atomic mass is 16.1. The van der Waals surface area contributed by atoms with E-state index in [0.29, 0.717) is 12.0 Å². The van der Waals surface area contributed by atoms with E-state index in [4.69, 9.17) is 0 Å². The molecule has 0 atom stereocenters. The molecule has 0 aliphatic carbocycles. The molecule has 2 aromatic rings. The van der Waals surface area contributed by atoms with E-state index in [1.165, 1.54) is 0 Å². The number of nitrogens with zero attached hydrogens (tertiary/aromatic N) is 1. The first kappa shape index (κ1) is 12.2. The number of aliphatic imine (C=N–C) groups is 1. The Labute approximate surface area is 107 Å². The van der Waals surface area contributed by atoms with Crippen molar-refractivity contribution < 1.29 is 4.79 Å². The monoisotopic (exact) mass is 237 g/mol. The molecule has 0 saturated heterocycles. The Morgan fingerprint density at radius 2 is 1.72 bits per heavy atom. The van der Waals surface area contributed by atoms with E-state index in [1.54, 1.807) is 6.21 Å². The highest BCUT2D eigenvalue weighted by Gasteiger charge is 2.07. The van der Waals surface area contributed by atoms with E-state index in [-0.39, 0.29) is 5.78 Å². The van der Waals surface area contributed by atoms with Gasteiger partial charge in [0.1, 0.15) is 0 Å². The van der Waals surface area contributed by atoms with Crippen LogP contribution in [0.5, 0.6) is 0 Å². The fraction of sp³-hybridized carbons (Fsp3) is 0.125. The third-order valence-corrected chi connectivity index (χ3v) is 2.68. The van der Waals surface area contributed by atoms with E-state index in [2.05, 4.69) is 4.99 Å². The lowest BCUT2D eigenvalue weighted by Gasteiger charge is -2.02. The molecule has 0 spiro atoms. The van der Waals surface area contributed by atoms with Gasteiger partial charge < -0.3 is 0 Å². The molecular weight excluding hydrogens is 222 g/mol. The summed E-state index contributed by atoms with van der Waals surface area (Å²) in [6.07, 6.45) is 2.28. The molecule has 0 aromatic heterocycles. The number of Topliss-reactive ketones (excluding diaryl/α,β-unsaturated/α-hetero) is 1. The highest BCUT2D eigenvalue weighted by Crippen LogP contribution is 2.20. The lowest BCUT2D eigenvalue weighted by atomic mass is 10.1. The summed E-state index contributed by atoms with van der Waals surface area (Å²) in [4.78, 5) is 16.2. The Morgan fingerprint density at radius 3 is 2.44 bits per heavy atom. The van der Waals surface area contributed by atoms with Crippen LogP contribution >= 0.6 is 0 Å². The first-order valence-electron chi connectivity index (χ1n) is 6.02. The molecule has 0 heterocycles. The molecule has 0 N–H and O–H groups in total. The first-order valence-corrected chi connectivity index (χ1v) is 6.02. The summed E-state index contributed by atoms with van der Waals surface area (Å²) < 4.78 is 0. The Morgan fingerprint density at radius 1 is 1.06 bits per heavy atom. The van der Waals surface area contributed by atoms with Gasteiger partial charge in [-0.25, -0.2) is 0 Å². The summed E-state index contributed by atoms with van der Waals surface area (Å²) in [6, 6.07) is 17.3. The van der Waals surface area contributed by atoms with E-state index in [1.807, 2.05) is 61.5 Å². The minimum absolute atomic E-state index is 0.121. The van der Waals surface area contributed by atoms with Crippen LogP contribution in [0.3, 0.4) is 0 Å². The molecule has 0 unspecified atom stereocenters. The van der Waals surface area contributed by atoms with Crippen molar-refractivity contribution in [3.05, 3.63) is 65.7 Å². The molecule has 90 valence electrons. The van der Waals surface area contributed by atoms with Crippen LogP contribution < -0.4 is 0 Å². The molecule has 0 bridgehead atoms. The molecule has 0 fully saturated rings.